The Morgan fingerprint density at radius 3 is 2.60 bits per heavy atom. The number of aromatic nitrogens is 1. The van der Waals surface area contributed by atoms with E-state index in [1.807, 2.05) is 24.3 Å². The molecule has 25 heavy (non-hydrogen) atoms. The minimum Gasteiger partial charge on any atom is -0.497 e. The SMILES string of the molecule is CCOC(=O)Cc1csc(NC(=O)C2(c3ccc(OC)cc3)CC2)n1. The number of anilines is 1. The van der Waals surface area contributed by atoms with Gasteiger partial charge in [0, 0.05) is 5.38 Å². The van der Waals surface area contributed by atoms with Crippen LogP contribution in [0.15, 0.2) is 29.6 Å². The summed E-state index contributed by atoms with van der Waals surface area (Å²) in [5.74, 6) is 0.390. The number of methoxy groups -OCH3 is 1. The van der Waals surface area contributed by atoms with Gasteiger partial charge in [0.25, 0.3) is 0 Å². The van der Waals surface area contributed by atoms with Gasteiger partial charge in [-0.3, -0.25) is 9.59 Å². The fraction of sp³-hybridized carbons (Fsp3) is 0.389. The Hall–Kier alpha value is -2.41. The average Bonchev–Trinajstić information content (AvgIpc) is 3.32. The van der Waals surface area contributed by atoms with Gasteiger partial charge in [0.1, 0.15) is 5.75 Å². The summed E-state index contributed by atoms with van der Waals surface area (Å²) >= 11 is 1.31. The summed E-state index contributed by atoms with van der Waals surface area (Å²) in [6.45, 7) is 2.11. The Bertz CT molecular complexity index is 766. The second-order valence-corrected chi connectivity index (χ2v) is 6.75. The highest BCUT2D eigenvalue weighted by molar-refractivity contribution is 7.14. The van der Waals surface area contributed by atoms with Gasteiger partial charge in [0.2, 0.25) is 5.91 Å². The van der Waals surface area contributed by atoms with Crippen molar-refractivity contribution in [1.82, 2.24) is 4.98 Å². The molecule has 0 bridgehead atoms. The van der Waals surface area contributed by atoms with Crippen LogP contribution in [0.5, 0.6) is 5.75 Å². The molecule has 132 valence electrons. The highest BCUT2D eigenvalue weighted by Gasteiger charge is 2.51. The van der Waals surface area contributed by atoms with Gasteiger partial charge in [-0.25, -0.2) is 4.98 Å². The first-order valence-electron chi connectivity index (χ1n) is 8.13. The number of thiazole rings is 1. The molecule has 1 saturated carbocycles. The van der Waals surface area contributed by atoms with Crippen molar-refractivity contribution >= 4 is 28.3 Å². The second kappa shape index (κ2) is 7.23. The number of ether oxygens (including phenoxy) is 2. The molecule has 1 aromatic heterocycles. The number of hydrogen-bond acceptors (Lipinski definition) is 6. The number of nitrogens with one attached hydrogen (secondary N) is 1. The summed E-state index contributed by atoms with van der Waals surface area (Å²) in [6, 6.07) is 7.59. The van der Waals surface area contributed by atoms with E-state index in [0.29, 0.717) is 17.4 Å². The fourth-order valence-corrected chi connectivity index (χ4v) is 3.41. The molecular weight excluding hydrogens is 340 g/mol. The number of amides is 1. The Labute approximate surface area is 150 Å². The van der Waals surface area contributed by atoms with Crippen LogP contribution in [0, 0.1) is 0 Å². The first-order chi connectivity index (χ1) is 12.1. The predicted molar refractivity (Wildman–Crippen MR) is 95.0 cm³/mol. The monoisotopic (exact) mass is 360 g/mol. The van der Waals surface area contributed by atoms with E-state index < -0.39 is 5.41 Å². The van der Waals surface area contributed by atoms with Crippen LogP contribution in [0.25, 0.3) is 0 Å². The Morgan fingerprint density at radius 2 is 2.00 bits per heavy atom. The molecule has 0 radical (unpaired) electrons. The molecule has 0 spiro atoms. The van der Waals surface area contributed by atoms with E-state index in [-0.39, 0.29) is 18.3 Å². The summed E-state index contributed by atoms with van der Waals surface area (Å²) in [4.78, 5) is 28.5. The third-order valence-electron chi connectivity index (χ3n) is 4.23. The van der Waals surface area contributed by atoms with Crippen molar-refractivity contribution in [3.05, 3.63) is 40.9 Å². The Morgan fingerprint density at radius 1 is 1.28 bits per heavy atom. The lowest BCUT2D eigenvalue weighted by molar-refractivity contribution is -0.142. The average molecular weight is 360 g/mol. The molecule has 1 aliphatic rings. The Kier molecular flexibility index (Phi) is 5.03. The third kappa shape index (κ3) is 3.82. The van der Waals surface area contributed by atoms with Crippen molar-refractivity contribution in [3.63, 3.8) is 0 Å². The van der Waals surface area contributed by atoms with E-state index >= 15 is 0 Å². The van der Waals surface area contributed by atoms with Crippen molar-refractivity contribution in [2.75, 3.05) is 19.0 Å². The minimum atomic E-state index is -0.487. The van der Waals surface area contributed by atoms with E-state index in [2.05, 4.69) is 10.3 Å². The number of hydrogen-bond donors (Lipinski definition) is 1. The standard InChI is InChI=1S/C18H20N2O4S/c1-3-24-15(21)10-13-11-25-17(19-13)20-16(22)18(8-9-18)12-4-6-14(23-2)7-5-12/h4-7,11H,3,8-10H2,1-2H3,(H,19,20,22). The highest BCUT2D eigenvalue weighted by Crippen LogP contribution is 2.49. The lowest BCUT2D eigenvalue weighted by atomic mass is 9.95. The highest BCUT2D eigenvalue weighted by atomic mass is 32.1. The van der Waals surface area contributed by atoms with Crippen molar-refractivity contribution < 1.29 is 19.1 Å². The van der Waals surface area contributed by atoms with E-state index in [0.717, 1.165) is 24.2 Å². The minimum absolute atomic E-state index is 0.0605. The maximum absolute atomic E-state index is 12.7. The Balaban J connectivity index is 1.65. The number of benzene rings is 1. The molecule has 1 heterocycles. The molecule has 1 aromatic carbocycles. The van der Waals surface area contributed by atoms with Gasteiger partial charge >= 0.3 is 5.97 Å². The van der Waals surface area contributed by atoms with Gasteiger partial charge in [-0.1, -0.05) is 12.1 Å². The summed E-state index contributed by atoms with van der Waals surface area (Å²) in [7, 11) is 1.62. The molecule has 6 nitrogen and oxygen atoms in total. The summed E-state index contributed by atoms with van der Waals surface area (Å²) in [5, 5.41) is 5.15. The van der Waals surface area contributed by atoms with Crippen LogP contribution in [0.2, 0.25) is 0 Å². The molecule has 0 unspecified atom stereocenters. The van der Waals surface area contributed by atoms with Crippen LogP contribution < -0.4 is 10.1 Å². The lowest BCUT2D eigenvalue weighted by Crippen LogP contribution is -2.27. The molecule has 2 aromatic rings. The maximum Gasteiger partial charge on any atom is 0.311 e. The van der Waals surface area contributed by atoms with Crippen LogP contribution >= 0.6 is 11.3 Å². The van der Waals surface area contributed by atoms with Gasteiger partial charge in [0.15, 0.2) is 5.13 Å². The first kappa shape index (κ1) is 17.4. The quantitative estimate of drug-likeness (QED) is 0.768. The smallest absolute Gasteiger partial charge is 0.311 e. The number of esters is 1. The number of carbonyl (C=O) groups is 2. The van der Waals surface area contributed by atoms with Crippen LogP contribution in [-0.2, 0) is 26.2 Å². The van der Waals surface area contributed by atoms with E-state index in [9.17, 15) is 9.59 Å². The topological polar surface area (TPSA) is 77.5 Å². The van der Waals surface area contributed by atoms with Crippen LogP contribution in [-0.4, -0.2) is 30.6 Å². The number of rotatable bonds is 7. The summed E-state index contributed by atoms with van der Waals surface area (Å²) < 4.78 is 10.1. The summed E-state index contributed by atoms with van der Waals surface area (Å²) in [6.07, 6.45) is 1.74. The molecule has 7 heteroatoms. The normalized spacial score (nSPS) is 14.6. The zero-order chi connectivity index (χ0) is 17.9. The molecule has 1 amide bonds. The van der Waals surface area contributed by atoms with Crippen molar-refractivity contribution in [2.45, 2.75) is 31.6 Å². The predicted octanol–water partition coefficient (Wildman–Crippen LogP) is 2.93. The summed E-state index contributed by atoms with van der Waals surface area (Å²) in [5.41, 5.74) is 1.10. The first-order valence-corrected chi connectivity index (χ1v) is 9.01. The van der Waals surface area contributed by atoms with Gasteiger partial charge in [0.05, 0.1) is 31.2 Å². The van der Waals surface area contributed by atoms with Crippen LogP contribution in [0.4, 0.5) is 5.13 Å². The molecule has 1 fully saturated rings. The number of carbonyl (C=O) groups excluding carboxylic acids is 2. The van der Waals surface area contributed by atoms with Crippen LogP contribution in [0.1, 0.15) is 31.0 Å². The van der Waals surface area contributed by atoms with E-state index in [1.165, 1.54) is 11.3 Å². The van der Waals surface area contributed by atoms with Gasteiger partial charge in [-0.2, -0.15) is 0 Å². The second-order valence-electron chi connectivity index (χ2n) is 5.89. The molecule has 1 N–H and O–H groups in total. The zero-order valence-corrected chi connectivity index (χ0v) is 15.0. The fourth-order valence-electron chi connectivity index (χ4n) is 2.70. The molecule has 0 aliphatic heterocycles. The van der Waals surface area contributed by atoms with Crippen molar-refractivity contribution in [1.29, 1.82) is 0 Å². The molecular formula is C18H20N2O4S. The molecule has 0 saturated heterocycles. The van der Waals surface area contributed by atoms with Crippen molar-refractivity contribution in [2.24, 2.45) is 0 Å². The van der Waals surface area contributed by atoms with Crippen LogP contribution in [0.3, 0.4) is 0 Å². The largest absolute Gasteiger partial charge is 0.497 e. The van der Waals surface area contributed by atoms with Gasteiger partial charge in [-0.05, 0) is 37.5 Å². The lowest BCUT2D eigenvalue weighted by Gasteiger charge is -2.15. The maximum atomic E-state index is 12.7. The zero-order valence-electron chi connectivity index (χ0n) is 14.2. The van der Waals surface area contributed by atoms with E-state index in [1.54, 1.807) is 19.4 Å². The third-order valence-corrected chi connectivity index (χ3v) is 5.04. The molecule has 3 rings (SSSR count). The molecule has 0 atom stereocenters. The van der Waals surface area contributed by atoms with Gasteiger partial charge < -0.3 is 14.8 Å². The van der Waals surface area contributed by atoms with Gasteiger partial charge in [-0.15, -0.1) is 11.3 Å². The number of nitrogens with zero attached hydrogens (tertiary/aromatic N) is 1. The molecule has 1 aliphatic carbocycles. The van der Waals surface area contributed by atoms with E-state index in [4.69, 9.17) is 9.47 Å². The van der Waals surface area contributed by atoms with Crippen molar-refractivity contribution in [3.8, 4) is 5.75 Å².